The molecule has 0 amide bonds. The lowest BCUT2D eigenvalue weighted by molar-refractivity contribution is 0.0657. The number of nitrogens with zero attached hydrogens (tertiary/aromatic N) is 1. The second kappa shape index (κ2) is 6.79. The van der Waals surface area contributed by atoms with E-state index in [4.69, 9.17) is 9.47 Å². The van der Waals surface area contributed by atoms with Crippen molar-refractivity contribution in [1.29, 1.82) is 0 Å². The highest BCUT2D eigenvalue weighted by Crippen LogP contribution is 2.30. The summed E-state index contributed by atoms with van der Waals surface area (Å²) < 4.78 is 25.2. The third kappa shape index (κ3) is 3.57. The molecule has 2 aromatic carbocycles. The molecule has 0 radical (unpaired) electrons. The SMILES string of the molecule is CN(CCc1ccccc1F)CC1COc2ccccc2O1. The Hall–Kier alpha value is -2.07. The average molecular weight is 301 g/mol. The quantitative estimate of drug-likeness (QED) is 0.847. The Balaban J connectivity index is 1.51. The molecular formula is C18H20FNO2. The molecule has 0 aromatic heterocycles. The number of fused-ring (bicyclic) bond motifs is 1. The zero-order chi connectivity index (χ0) is 15.4. The van der Waals surface area contributed by atoms with Gasteiger partial charge in [-0.3, -0.25) is 0 Å². The van der Waals surface area contributed by atoms with Crippen LogP contribution in [0.4, 0.5) is 4.39 Å². The number of hydrogen-bond acceptors (Lipinski definition) is 3. The molecule has 2 aromatic rings. The predicted octanol–water partition coefficient (Wildman–Crippen LogP) is 3.14. The Morgan fingerprint density at radius 1 is 1.09 bits per heavy atom. The van der Waals surface area contributed by atoms with E-state index in [2.05, 4.69) is 4.90 Å². The van der Waals surface area contributed by atoms with Gasteiger partial charge in [0.15, 0.2) is 11.5 Å². The first-order valence-corrected chi connectivity index (χ1v) is 7.53. The standard InChI is InChI=1S/C18H20FNO2/c1-20(11-10-14-6-2-3-7-16(14)19)12-15-13-21-17-8-4-5-9-18(17)22-15/h2-9,15H,10-13H2,1H3. The van der Waals surface area contributed by atoms with Gasteiger partial charge < -0.3 is 14.4 Å². The molecular weight excluding hydrogens is 281 g/mol. The fourth-order valence-electron chi connectivity index (χ4n) is 2.60. The Kier molecular flexibility index (Phi) is 4.59. The van der Waals surface area contributed by atoms with Crippen molar-refractivity contribution in [2.24, 2.45) is 0 Å². The summed E-state index contributed by atoms with van der Waals surface area (Å²) in [6.07, 6.45) is 0.688. The van der Waals surface area contributed by atoms with Gasteiger partial charge >= 0.3 is 0 Å². The number of benzene rings is 2. The van der Waals surface area contributed by atoms with Crippen LogP contribution in [0.5, 0.6) is 11.5 Å². The number of likely N-dealkylation sites (N-methyl/N-ethyl adjacent to an activating group) is 1. The van der Waals surface area contributed by atoms with Gasteiger partial charge in [-0.05, 0) is 37.2 Å². The van der Waals surface area contributed by atoms with Crippen molar-refractivity contribution in [2.75, 3.05) is 26.7 Å². The fourth-order valence-corrected chi connectivity index (χ4v) is 2.60. The first-order valence-electron chi connectivity index (χ1n) is 7.53. The van der Waals surface area contributed by atoms with Crippen LogP contribution in [-0.4, -0.2) is 37.7 Å². The van der Waals surface area contributed by atoms with Gasteiger partial charge in [0.05, 0.1) is 0 Å². The largest absolute Gasteiger partial charge is 0.486 e. The predicted molar refractivity (Wildman–Crippen MR) is 84.0 cm³/mol. The molecule has 1 heterocycles. The van der Waals surface area contributed by atoms with Gasteiger partial charge in [-0.2, -0.15) is 0 Å². The van der Waals surface area contributed by atoms with E-state index in [0.717, 1.165) is 30.2 Å². The minimum absolute atomic E-state index is 0.000482. The van der Waals surface area contributed by atoms with Crippen LogP contribution >= 0.6 is 0 Å². The molecule has 0 saturated carbocycles. The van der Waals surface area contributed by atoms with E-state index >= 15 is 0 Å². The molecule has 0 bridgehead atoms. The number of halogens is 1. The summed E-state index contributed by atoms with van der Waals surface area (Å²) >= 11 is 0. The maximum Gasteiger partial charge on any atom is 0.161 e. The number of para-hydroxylation sites is 2. The highest BCUT2D eigenvalue weighted by Gasteiger charge is 2.21. The zero-order valence-corrected chi connectivity index (χ0v) is 12.7. The van der Waals surface area contributed by atoms with Crippen LogP contribution in [-0.2, 0) is 6.42 Å². The first kappa shape index (κ1) is 14.9. The third-order valence-corrected chi connectivity index (χ3v) is 3.80. The van der Waals surface area contributed by atoms with Gasteiger partial charge in [0.1, 0.15) is 18.5 Å². The highest BCUT2D eigenvalue weighted by molar-refractivity contribution is 5.40. The van der Waals surface area contributed by atoms with Crippen molar-refractivity contribution >= 4 is 0 Å². The van der Waals surface area contributed by atoms with E-state index in [1.807, 2.05) is 43.4 Å². The smallest absolute Gasteiger partial charge is 0.161 e. The molecule has 4 heteroatoms. The molecule has 0 N–H and O–H groups in total. The monoisotopic (exact) mass is 301 g/mol. The van der Waals surface area contributed by atoms with E-state index in [1.54, 1.807) is 6.07 Å². The molecule has 0 fully saturated rings. The second-order valence-electron chi connectivity index (χ2n) is 5.60. The Morgan fingerprint density at radius 2 is 1.82 bits per heavy atom. The topological polar surface area (TPSA) is 21.7 Å². The minimum atomic E-state index is -0.137. The van der Waals surface area contributed by atoms with Crippen LogP contribution in [0.25, 0.3) is 0 Å². The van der Waals surface area contributed by atoms with E-state index in [0.29, 0.717) is 13.0 Å². The summed E-state index contributed by atoms with van der Waals surface area (Å²) in [7, 11) is 2.02. The molecule has 3 nitrogen and oxygen atoms in total. The van der Waals surface area contributed by atoms with E-state index in [1.165, 1.54) is 6.07 Å². The Bertz CT molecular complexity index is 632. The Morgan fingerprint density at radius 3 is 2.64 bits per heavy atom. The molecule has 0 aliphatic carbocycles. The molecule has 0 spiro atoms. The van der Waals surface area contributed by atoms with Gasteiger partial charge in [-0.1, -0.05) is 30.3 Å². The number of hydrogen-bond donors (Lipinski definition) is 0. The summed E-state index contributed by atoms with van der Waals surface area (Å²) in [5, 5.41) is 0. The molecule has 1 atom stereocenters. The first-order chi connectivity index (χ1) is 10.7. The average Bonchev–Trinajstić information content (AvgIpc) is 2.54. The minimum Gasteiger partial charge on any atom is -0.486 e. The van der Waals surface area contributed by atoms with Crippen molar-refractivity contribution in [3.05, 3.63) is 59.9 Å². The van der Waals surface area contributed by atoms with Crippen molar-refractivity contribution in [3.63, 3.8) is 0 Å². The second-order valence-corrected chi connectivity index (χ2v) is 5.60. The van der Waals surface area contributed by atoms with Crippen LogP contribution in [0.3, 0.4) is 0 Å². The van der Waals surface area contributed by atoms with Crippen molar-refractivity contribution in [1.82, 2.24) is 4.90 Å². The maximum atomic E-state index is 13.6. The molecule has 1 unspecified atom stereocenters. The number of rotatable bonds is 5. The number of ether oxygens (including phenoxy) is 2. The van der Waals surface area contributed by atoms with Crippen LogP contribution in [0.1, 0.15) is 5.56 Å². The van der Waals surface area contributed by atoms with Gasteiger partial charge in [-0.15, -0.1) is 0 Å². The van der Waals surface area contributed by atoms with Crippen molar-refractivity contribution < 1.29 is 13.9 Å². The summed E-state index contributed by atoms with van der Waals surface area (Å²) in [5.41, 5.74) is 0.750. The van der Waals surface area contributed by atoms with E-state index in [-0.39, 0.29) is 11.9 Å². The van der Waals surface area contributed by atoms with Gasteiger partial charge in [-0.25, -0.2) is 4.39 Å². The van der Waals surface area contributed by atoms with Crippen LogP contribution in [0.15, 0.2) is 48.5 Å². The summed E-state index contributed by atoms with van der Waals surface area (Å²) in [4.78, 5) is 2.15. The maximum absolute atomic E-state index is 13.6. The van der Waals surface area contributed by atoms with Crippen molar-refractivity contribution in [2.45, 2.75) is 12.5 Å². The zero-order valence-electron chi connectivity index (χ0n) is 12.7. The molecule has 1 aliphatic rings. The highest BCUT2D eigenvalue weighted by atomic mass is 19.1. The molecule has 1 aliphatic heterocycles. The molecule has 116 valence electrons. The van der Waals surface area contributed by atoms with Gasteiger partial charge in [0.2, 0.25) is 0 Å². The molecule has 3 rings (SSSR count). The van der Waals surface area contributed by atoms with E-state index < -0.39 is 0 Å². The van der Waals surface area contributed by atoms with Gasteiger partial charge in [0, 0.05) is 13.1 Å². The summed E-state index contributed by atoms with van der Waals surface area (Å²) in [5.74, 6) is 1.45. The van der Waals surface area contributed by atoms with Crippen molar-refractivity contribution in [3.8, 4) is 11.5 Å². The normalized spacial score (nSPS) is 16.8. The van der Waals surface area contributed by atoms with E-state index in [9.17, 15) is 4.39 Å². The fraction of sp³-hybridized carbons (Fsp3) is 0.333. The summed E-state index contributed by atoms with van der Waals surface area (Å²) in [6, 6.07) is 14.6. The summed E-state index contributed by atoms with van der Waals surface area (Å²) in [6.45, 7) is 2.08. The third-order valence-electron chi connectivity index (χ3n) is 3.80. The van der Waals surface area contributed by atoms with Gasteiger partial charge in [0.25, 0.3) is 0 Å². The lowest BCUT2D eigenvalue weighted by Crippen LogP contribution is -2.40. The lowest BCUT2D eigenvalue weighted by Gasteiger charge is -2.29. The Labute approximate surface area is 130 Å². The molecule has 0 saturated heterocycles. The molecule has 22 heavy (non-hydrogen) atoms. The van der Waals surface area contributed by atoms with Crippen LogP contribution < -0.4 is 9.47 Å². The van der Waals surface area contributed by atoms with Crippen LogP contribution in [0.2, 0.25) is 0 Å². The lowest BCUT2D eigenvalue weighted by atomic mass is 10.1. The van der Waals surface area contributed by atoms with Crippen LogP contribution in [0, 0.1) is 5.82 Å².